The number of primary amides is 1. The Morgan fingerprint density at radius 2 is 1.67 bits per heavy atom. The molecule has 0 heterocycles. The van der Waals surface area contributed by atoms with Gasteiger partial charge < -0.3 is 15.8 Å². The van der Waals surface area contributed by atoms with E-state index in [9.17, 15) is 9.59 Å². The SMILES string of the molecule is NC(=O)c1cc(Cl)ccc1OCc1ccc(C(=O)Nc2ccccc2)cc1. The molecule has 3 rings (SSSR count). The van der Waals surface area contributed by atoms with E-state index >= 15 is 0 Å². The van der Waals surface area contributed by atoms with Crippen molar-refractivity contribution in [2.75, 3.05) is 5.32 Å². The maximum atomic E-state index is 12.3. The van der Waals surface area contributed by atoms with Crippen molar-refractivity contribution >= 4 is 29.1 Å². The highest BCUT2D eigenvalue weighted by atomic mass is 35.5. The largest absolute Gasteiger partial charge is 0.488 e. The van der Waals surface area contributed by atoms with Crippen molar-refractivity contribution in [2.45, 2.75) is 6.61 Å². The maximum Gasteiger partial charge on any atom is 0.255 e. The number of amides is 2. The van der Waals surface area contributed by atoms with E-state index in [1.807, 2.05) is 30.3 Å². The Bertz CT molecular complexity index is 957. The molecule has 0 fully saturated rings. The third kappa shape index (κ3) is 4.86. The molecule has 0 atom stereocenters. The molecule has 0 aromatic heterocycles. The highest BCUT2D eigenvalue weighted by Gasteiger charge is 2.11. The first-order chi connectivity index (χ1) is 13.0. The number of halogens is 1. The molecular weight excluding hydrogens is 364 g/mol. The highest BCUT2D eigenvalue weighted by Crippen LogP contribution is 2.23. The molecule has 2 amide bonds. The van der Waals surface area contributed by atoms with Crippen molar-refractivity contribution in [3.05, 3.63) is 94.5 Å². The smallest absolute Gasteiger partial charge is 0.255 e. The molecule has 0 spiro atoms. The average Bonchev–Trinajstić information content (AvgIpc) is 2.68. The number of anilines is 1. The third-order valence-corrected chi connectivity index (χ3v) is 4.08. The monoisotopic (exact) mass is 380 g/mol. The van der Waals surface area contributed by atoms with Crippen LogP contribution >= 0.6 is 11.6 Å². The van der Waals surface area contributed by atoms with E-state index in [1.165, 1.54) is 6.07 Å². The van der Waals surface area contributed by atoms with E-state index in [2.05, 4.69) is 5.32 Å². The van der Waals surface area contributed by atoms with Gasteiger partial charge in [0.2, 0.25) is 0 Å². The molecule has 0 radical (unpaired) electrons. The lowest BCUT2D eigenvalue weighted by molar-refractivity contribution is 0.0993. The predicted octanol–water partition coefficient (Wildman–Crippen LogP) is 4.27. The van der Waals surface area contributed by atoms with Gasteiger partial charge in [0.15, 0.2) is 0 Å². The lowest BCUT2D eigenvalue weighted by Crippen LogP contribution is -2.13. The van der Waals surface area contributed by atoms with E-state index < -0.39 is 5.91 Å². The summed E-state index contributed by atoms with van der Waals surface area (Å²) in [5.41, 5.74) is 7.68. The van der Waals surface area contributed by atoms with Crippen LogP contribution in [0.2, 0.25) is 5.02 Å². The maximum absolute atomic E-state index is 12.3. The summed E-state index contributed by atoms with van der Waals surface area (Å²) in [6.07, 6.45) is 0. The van der Waals surface area contributed by atoms with Crippen molar-refractivity contribution in [1.29, 1.82) is 0 Å². The van der Waals surface area contributed by atoms with Gasteiger partial charge in [-0.15, -0.1) is 0 Å². The summed E-state index contributed by atoms with van der Waals surface area (Å²) in [6.45, 7) is 0.225. The van der Waals surface area contributed by atoms with Crippen LogP contribution in [0.25, 0.3) is 0 Å². The fraction of sp³-hybridized carbons (Fsp3) is 0.0476. The summed E-state index contributed by atoms with van der Waals surface area (Å²) in [5.74, 6) is -0.444. The lowest BCUT2D eigenvalue weighted by atomic mass is 10.1. The van der Waals surface area contributed by atoms with E-state index in [1.54, 1.807) is 36.4 Å². The van der Waals surface area contributed by atoms with E-state index in [4.69, 9.17) is 22.1 Å². The van der Waals surface area contributed by atoms with Crippen LogP contribution in [0.5, 0.6) is 5.75 Å². The van der Waals surface area contributed by atoms with Crippen LogP contribution in [0.1, 0.15) is 26.3 Å². The second-order valence-corrected chi connectivity index (χ2v) is 6.25. The number of para-hydroxylation sites is 1. The first kappa shape index (κ1) is 18.5. The van der Waals surface area contributed by atoms with Gasteiger partial charge in [0.05, 0.1) is 5.56 Å². The molecule has 0 aliphatic rings. The topological polar surface area (TPSA) is 81.4 Å². The van der Waals surface area contributed by atoms with Gasteiger partial charge in [-0.2, -0.15) is 0 Å². The first-order valence-electron chi connectivity index (χ1n) is 8.20. The number of hydrogen-bond donors (Lipinski definition) is 2. The Kier molecular flexibility index (Phi) is 5.74. The van der Waals surface area contributed by atoms with E-state index in [0.717, 1.165) is 11.3 Å². The van der Waals surface area contributed by atoms with Gasteiger partial charge in [-0.05, 0) is 48.0 Å². The molecule has 3 aromatic carbocycles. The van der Waals surface area contributed by atoms with Gasteiger partial charge in [-0.25, -0.2) is 0 Å². The van der Waals surface area contributed by atoms with Crippen molar-refractivity contribution in [2.24, 2.45) is 5.73 Å². The van der Waals surface area contributed by atoms with Crippen LogP contribution in [0.4, 0.5) is 5.69 Å². The number of carbonyl (C=O) groups excluding carboxylic acids is 2. The number of nitrogens with two attached hydrogens (primary N) is 1. The molecular formula is C21H17ClN2O3. The van der Waals surface area contributed by atoms with Crippen molar-refractivity contribution in [3.8, 4) is 5.75 Å². The van der Waals surface area contributed by atoms with Crippen LogP contribution in [-0.2, 0) is 6.61 Å². The Morgan fingerprint density at radius 3 is 2.33 bits per heavy atom. The molecule has 136 valence electrons. The molecule has 0 saturated carbocycles. The van der Waals surface area contributed by atoms with Gasteiger partial charge in [0.25, 0.3) is 11.8 Å². The standard InChI is InChI=1S/C21H17ClN2O3/c22-16-10-11-19(18(12-16)20(23)25)27-13-14-6-8-15(9-7-14)21(26)24-17-4-2-1-3-5-17/h1-12H,13H2,(H2,23,25)(H,24,26). The quantitative estimate of drug-likeness (QED) is 0.670. The van der Waals surface area contributed by atoms with Crippen LogP contribution in [0.3, 0.4) is 0 Å². The highest BCUT2D eigenvalue weighted by molar-refractivity contribution is 6.31. The summed E-state index contributed by atoms with van der Waals surface area (Å²) in [6, 6.07) is 20.9. The molecule has 0 saturated heterocycles. The van der Waals surface area contributed by atoms with E-state index in [-0.39, 0.29) is 18.1 Å². The molecule has 6 heteroatoms. The zero-order chi connectivity index (χ0) is 19.2. The van der Waals surface area contributed by atoms with Gasteiger partial charge in [0, 0.05) is 16.3 Å². The van der Waals surface area contributed by atoms with Gasteiger partial charge in [-0.3, -0.25) is 9.59 Å². The number of rotatable bonds is 6. The summed E-state index contributed by atoms with van der Waals surface area (Å²) in [5, 5.41) is 3.23. The van der Waals surface area contributed by atoms with E-state index in [0.29, 0.717) is 16.3 Å². The number of carbonyl (C=O) groups is 2. The molecule has 0 unspecified atom stereocenters. The first-order valence-corrected chi connectivity index (χ1v) is 8.58. The molecule has 3 aromatic rings. The van der Waals surface area contributed by atoms with Crippen molar-refractivity contribution < 1.29 is 14.3 Å². The molecule has 0 bridgehead atoms. The fourth-order valence-corrected chi connectivity index (χ4v) is 2.63. The molecule has 3 N–H and O–H groups in total. The Morgan fingerprint density at radius 1 is 0.963 bits per heavy atom. The third-order valence-electron chi connectivity index (χ3n) is 3.85. The number of ether oxygens (including phenoxy) is 1. The Labute approximate surface area is 161 Å². The predicted molar refractivity (Wildman–Crippen MR) is 105 cm³/mol. The minimum Gasteiger partial charge on any atom is -0.488 e. The number of benzene rings is 3. The molecule has 0 aliphatic carbocycles. The number of nitrogens with one attached hydrogen (secondary N) is 1. The minimum atomic E-state index is -0.611. The average molecular weight is 381 g/mol. The zero-order valence-electron chi connectivity index (χ0n) is 14.3. The normalized spacial score (nSPS) is 10.3. The van der Waals surface area contributed by atoms with Gasteiger partial charge >= 0.3 is 0 Å². The van der Waals surface area contributed by atoms with Crippen LogP contribution in [0, 0.1) is 0 Å². The van der Waals surface area contributed by atoms with Crippen LogP contribution in [-0.4, -0.2) is 11.8 Å². The van der Waals surface area contributed by atoms with Crippen LogP contribution < -0.4 is 15.8 Å². The zero-order valence-corrected chi connectivity index (χ0v) is 15.1. The Hall–Kier alpha value is -3.31. The fourth-order valence-electron chi connectivity index (χ4n) is 2.46. The van der Waals surface area contributed by atoms with Crippen LogP contribution in [0.15, 0.2) is 72.8 Å². The van der Waals surface area contributed by atoms with Crippen molar-refractivity contribution in [3.63, 3.8) is 0 Å². The minimum absolute atomic E-state index is 0.192. The molecule has 27 heavy (non-hydrogen) atoms. The molecule has 5 nitrogen and oxygen atoms in total. The second-order valence-electron chi connectivity index (χ2n) is 5.81. The Balaban J connectivity index is 1.65. The summed E-state index contributed by atoms with van der Waals surface area (Å²) >= 11 is 5.88. The number of hydrogen-bond acceptors (Lipinski definition) is 3. The van der Waals surface area contributed by atoms with Gasteiger partial charge in [-0.1, -0.05) is 41.9 Å². The van der Waals surface area contributed by atoms with Gasteiger partial charge in [0.1, 0.15) is 12.4 Å². The lowest BCUT2D eigenvalue weighted by Gasteiger charge is -2.10. The summed E-state index contributed by atoms with van der Waals surface area (Å²) in [7, 11) is 0. The van der Waals surface area contributed by atoms with Crippen molar-refractivity contribution in [1.82, 2.24) is 0 Å². The second kappa shape index (κ2) is 8.38. The summed E-state index contributed by atoms with van der Waals surface area (Å²) in [4.78, 5) is 23.7. The molecule has 0 aliphatic heterocycles. The summed E-state index contributed by atoms with van der Waals surface area (Å²) < 4.78 is 5.68.